The van der Waals surface area contributed by atoms with Crippen LogP contribution < -0.4 is 10.2 Å². The van der Waals surface area contributed by atoms with Gasteiger partial charge in [-0.15, -0.1) is 0 Å². The van der Waals surface area contributed by atoms with Gasteiger partial charge in [0.2, 0.25) is 0 Å². The lowest BCUT2D eigenvalue weighted by atomic mass is 9.81. The number of benzene rings is 1. The van der Waals surface area contributed by atoms with Crippen molar-refractivity contribution in [3.63, 3.8) is 0 Å². The number of hydrogen-bond acceptors (Lipinski definition) is 5. The van der Waals surface area contributed by atoms with Crippen LogP contribution in [0.2, 0.25) is 0 Å². The van der Waals surface area contributed by atoms with Crippen LogP contribution in [0, 0.1) is 5.92 Å². The maximum Gasteiger partial charge on any atom is 0.341 e. The van der Waals surface area contributed by atoms with Gasteiger partial charge in [0.05, 0.1) is 5.70 Å². The first-order valence-electron chi connectivity index (χ1n) is 7.30. The molecule has 0 saturated carbocycles. The molecule has 1 aliphatic carbocycles. The maximum absolute atomic E-state index is 10.7. The van der Waals surface area contributed by atoms with Crippen LogP contribution in [0.3, 0.4) is 0 Å². The van der Waals surface area contributed by atoms with Gasteiger partial charge >= 0.3 is 5.97 Å². The van der Waals surface area contributed by atoms with Crippen molar-refractivity contribution in [3.8, 4) is 5.75 Å². The van der Waals surface area contributed by atoms with E-state index in [1.54, 1.807) is 12.6 Å². The van der Waals surface area contributed by atoms with Gasteiger partial charge in [-0.3, -0.25) is 0 Å². The average Bonchev–Trinajstić information content (AvgIpc) is 2.53. The summed E-state index contributed by atoms with van der Waals surface area (Å²) in [6.07, 6.45) is 6.93. The van der Waals surface area contributed by atoms with Gasteiger partial charge in [-0.05, 0) is 48.8 Å². The molecule has 22 heavy (non-hydrogen) atoms. The number of ether oxygens (including phenoxy) is 1. The van der Waals surface area contributed by atoms with Crippen LogP contribution in [-0.2, 0) is 22.5 Å². The quantitative estimate of drug-likeness (QED) is 0.870. The summed E-state index contributed by atoms with van der Waals surface area (Å²) in [5.41, 5.74) is 5.87. The maximum atomic E-state index is 10.7. The van der Waals surface area contributed by atoms with Gasteiger partial charge in [-0.2, -0.15) is 0 Å². The molecule has 0 amide bonds. The van der Waals surface area contributed by atoms with Gasteiger partial charge < -0.3 is 14.7 Å². The lowest BCUT2D eigenvalue weighted by Gasteiger charge is -2.26. The Morgan fingerprint density at radius 1 is 1.50 bits per heavy atom. The van der Waals surface area contributed by atoms with E-state index in [2.05, 4.69) is 16.5 Å². The summed E-state index contributed by atoms with van der Waals surface area (Å²) < 4.78 is 5.39. The summed E-state index contributed by atoms with van der Waals surface area (Å²) in [7, 11) is 0. The van der Waals surface area contributed by atoms with E-state index in [0.29, 0.717) is 11.7 Å². The molecule has 1 unspecified atom stereocenters. The second-order valence-electron chi connectivity index (χ2n) is 5.49. The van der Waals surface area contributed by atoms with Gasteiger partial charge in [-0.1, -0.05) is 12.1 Å². The smallest absolute Gasteiger partial charge is 0.341 e. The predicted octanol–water partition coefficient (Wildman–Crippen LogP) is 2.05. The number of aliphatic carboxylic acids is 1. The first-order valence-corrected chi connectivity index (χ1v) is 7.30. The van der Waals surface area contributed by atoms with Crippen molar-refractivity contribution in [1.82, 2.24) is 5.48 Å². The van der Waals surface area contributed by atoms with Crippen LogP contribution in [0.15, 0.2) is 35.2 Å². The van der Waals surface area contributed by atoms with E-state index in [1.807, 2.05) is 12.1 Å². The minimum absolute atomic E-state index is 0.300. The van der Waals surface area contributed by atoms with Crippen LogP contribution >= 0.6 is 0 Å². The minimum Gasteiger partial charge on any atom is -0.482 e. The number of nitrogens with zero attached hydrogens (tertiary/aromatic N) is 1. The van der Waals surface area contributed by atoms with Gasteiger partial charge in [0.1, 0.15) is 18.4 Å². The number of rotatable bonds is 5. The summed E-state index contributed by atoms with van der Waals surface area (Å²) in [5.74, 6) is 0.245. The van der Waals surface area contributed by atoms with E-state index >= 15 is 0 Å². The third kappa shape index (κ3) is 3.39. The Balaban J connectivity index is 1.68. The number of carboxylic acids is 1. The number of fused-ring (bicyclic) bond motifs is 1. The zero-order valence-corrected chi connectivity index (χ0v) is 12.1. The molecule has 2 N–H and O–H groups in total. The van der Waals surface area contributed by atoms with Crippen molar-refractivity contribution in [2.75, 3.05) is 6.61 Å². The monoisotopic (exact) mass is 302 g/mol. The van der Waals surface area contributed by atoms with Crippen LogP contribution in [0.25, 0.3) is 0 Å². The summed E-state index contributed by atoms with van der Waals surface area (Å²) in [5, 5.41) is 8.74. The van der Waals surface area contributed by atoms with E-state index in [-0.39, 0.29) is 6.61 Å². The Labute approximate surface area is 128 Å². The van der Waals surface area contributed by atoms with Crippen molar-refractivity contribution in [2.24, 2.45) is 10.9 Å². The van der Waals surface area contributed by atoms with E-state index < -0.39 is 5.97 Å². The van der Waals surface area contributed by atoms with Crippen molar-refractivity contribution < 1.29 is 19.5 Å². The fourth-order valence-corrected chi connectivity index (χ4v) is 2.97. The first kappa shape index (κ1) is 14.4. The number of hydrogen-bond donors (Lipinski definition) is 2. The van der Waals surface area contributed by atoms with E-state index in [4.69, 9.17) is 14.7 Å². The molecule has 2 aliphatic rings. The molecular formula is C16H18N2O4. The normalized spacial score (nSPS) is 19.5. The molecule has 1 heterocycles. The first-order chi connectivity index (χ1) is 10.7. The minimum atomic E-state index is -0.956. The number of hydroxylamine groups is 1. The summed E-state index contributed by atoms with van der Waals surface area (Å²) in [6, 6.07) is 5.85. The fraction of sp³-hybridized carbons (Fsp3) is 0.375. The molecule has 0 radical (unpaired) electrons. The van der Waals surface area contributed by atoms with Crippen LogP contribution in [0.1, 0.15) is 24.0 Å². The fourth-order valence-electron chi connectivity index (χ4n) is 2.97. The lowest BCUT2D eigenvalue weighted by molar-refractivity contribution is -0.139. The van der Waals surface area contributed by atoms with Gasteiger partial charge in [-0.25, -0.2) is 15.3 Å². The topological polar surface area (TPSA) is 80.2 Å². The highest BCUT2D eigenvalue weighted by atomic mass is 16.6. The molecule has 1 aromatic rings. The van der Waals surface area contributed by atoms with Gasteiger partial charge in [0.25, 0.3) is 0 Å². The lowest BCUT2D eigenvalue weighted by Crippen LogP contribution is -2.19. The molecule has 6 heteroatoms. The number of carbonyl (C=O) groups is 1. The Bertz CT molecular complexity index is 625. The molecule has 0 spiro atoms. The Morgan fingerprint density at radius 3 is 3.18 bits per heavy atom. The second-order valence-corrected chi connectivity index (χ2v) is 5.49. The zero-order valence-electron chi connectivity index (χ0n) is 12.1. The Morgan fingerprint density at radius 2 is 2.41 bits per heavy atom. The summed E-state index contributed by atoms with van der Waals surface area (Å²) >= 11 is 0. The van der Waals surface area contributed by atoms with Crippen molar-refractivity contribution >= 4 is 12.3 Å². The van der Waals surface area contributed by atoms with Crippen molar-refractivity contribution in [1.29, 1.82) is 0 Å². The molecule has 3 rings (SSSR count). The molecule has 6 nitrogen and oxygen atoms in total. The van der Waals surface area contributed by atoms with Crippen LogP contribution in [0.4, 0.5) is 0 Å². The van der Waals surface area contributed by atoms with E-state index in [0.717, 1.165) is 36.9 Å². The molecule has 1 atom stereocenters. The number of nitrogens with one attached hydrogen (secondary N) is 1. The second kappa shape index (κ2) is 6.51. The zero-order chi connectivity index (χ0) is 15.4. The van der Waals surface area contributed by atoms with Gasteiger partial charge in [0.15, 0.2) is 6.61 Å². The van der Waals surface area contributed by atoms with Crippen LogP contribution in [0.5, 0.6) is 5.75 Å². The molecule has 0 aromatic heterocycles. The number of aliphatic imine (C=N–C) groups is 1. The third-order valence-electron chi connectivity index (χ3n) is 3.94. The number of carboxylic acid groups (broad SMARTS) is 1. The third-order valence-corrected chi connectivity index (χ3v) is 3.94. The molecule has 1 aliphatic heterocycles. The SMILES string of the molecule is O=C(O)COc1cccc2c1CCC(CC1=CONC=N1)C2. The Kier molecular flexibility index (Phi) is 4.27. The highest BCUT2D eigenvalue weighted by Gasteiger charge is 2.22. The molecule has 0 bridgehead atoms. The highest BCUT2D eigenvalue weighted by Crippen LogP contribution is 2.34. The Hall–Kier alpha value is -2.50. The highest BCUT2D eigenvalue weighted by molar-refractivity contribution is 5.68. The van der Waals surface area contributed by atoms with Crippen LogP contribution in [-0.4, -0.2) is 24.0 Å². The standard InChI is InChI=1S/C16H18N2O4/c19-16(20)9-21-15-3-1-2-12-6-11(4-5-14(12)15)7-13-8-22-18-10-17-13/h1-3,8,10-11H,4-7,9H2,(H,17,18)(H,19,20). The van der Waals surface area contributed by atoms with E-state index in [1.165, 1.54) is 5.56 Å². The molecule has 0 fully saturated rings. The van der Waals surface area contributed by atoms with Crippen molar-refractivity contribution in [2.45, 2.75) is 25.7 Å². The number of allylic oxidation sites excluding steroid dienone is 1. The average molecular weight is 302 g/mol. The summed E-state index contributed by atoms with van der Waals surface area (Å²) in [6.45, 7) is -0.300. The predicted molar refractivity (Wildman–Crippen MR) is 80.5 cm³/mol. The van der Waals surface area contributed by atoms with E-state index in [9.17, 15) is 4.79 Å². The molecular weight excluding hydrogens is 284 g/mol. The molecule has 1 aromatic carbocycles. The largest absolute Gasteiger partial charge is 0.482 e. The molecule has 0 saturated heterocycles. The summed E-state index contributed by atoms with van der Waals surface area (Å²) in [4.78, 5) is 19.9. The van der Waals surface area contributed by atoms with Crippen molar-refractivity contribution in [3.05, 3.63) is 41.3 Å². The molecule has 116 valence electrons. The van der Waals surface area contributed by atoms with Gasteiger partial charge in [0, 0.05) is 0 Å².